The van der Waals surface area contributed by atoms with E-state index >= 15 is 0 Å². The summed E-state index contributed by atoms with van der Waals surface area (Å²) in [6.45, 7) is 2.15. The summed E-state index contributed by atoms with van der Waals surface area (Å²) in [5.74, 6) is 0.0152. The minimum absolute atomic E-state index is 0. The second-order valence-electron chi connectivity index (χ2n) is 4.34. The van der Waals surface area contributed by atoms with Crippen LogP contribution in [-0.2, 0) is 4.79 Å². The van der Waals surface area contributed by atoms with E-state index in [0.29, 0.717) is 6.54 Å². The summed E-state index contributed by atoms with van der Waals surface area (Å²) in [6.07, 6.45) is 0.978. The summed E-state index contributed by atoms with van der Waals surface area (Å²) in [6, 6.07) is 7.77. The van der Waals surface area contributed by atoms with Gasteiger partial charge >= 0.3 is 0 Å². The molecule has 1 atom stereocenters. The molecule has 18 heavy (non-hydrogen) atoms. The normalized spacial score (nSPS) is 19.3. The molecule has 1 aliphatic rings. The Morgan fingerprint density at radius 1 is 1.44 bits per heavy atom. The predicted molar refractivity (Wildman–Crippen MR) is 79.1 cm³/mol. The number of rotatable bonds is 3. The fraction of sp³-hybridized carbons (Fsp3) is 0.417. The van der Waals surface area contributed by atoms with E-state index in [1.54, 1.807) is 0 Å². The Kier molecular flexibility index (Phi) is 6.08. The topological polar surface area (TPSA) is 58.4 Å². The van der Waals surface area contributed by atoms with Gasteiger partial charge in [-0.25, -0.2) is 0 Å². The molecule has 0 aromatic heterocycles. The zero-order valence-corrected chi connectivity index (χ0v) is 12.3. The number of halogens is 2. The molecule has 1 amide bonds. The largest absolute Gasteiger partial charge is 0.326 e. The van der Waals surface area contributed by atoms with E-state index in [0.717, 1.165) is 29.7 Å². The zero-order chi connectivity index (χ0) is 12.3. The summed E-state index contributed by atoms with van der Waals surface area (Å²) >= 11 is 3.35. The van der Waals surface area contributed by atoms with E-state index in [-0.39, 0.29) is 24.4 Å². The number of nitrogens with two attached hydrogens (primary N) is 1. The lowest BCUT2D eigenvalue weighted by molar-refractivity contribution is -0.117. The molecule has 6 heteroatoms. The Bertz CT molecular complexity index is 399. The summed E-state index contributed by atoms with van der Waals surface area (Å²) in [4.78, 5) is 13.8. The van der Waals surface area contributed by atoms with Gasteiger partial charge in [-0.3, -0.25) is 9.69 Å². The average Bonchev–Trinajstić information content (AvgIpc) is 2.67. The van der Waals surface area contributed by atoms with Crippen molar-refractivity contribution >= 4 is 39.9 Å². The molecule has 4 nitrogen and oxygen atoms in total. The second-order valence-corrected chi connectivity index (χ2v) is 5.25. The maximum absolute atomic E-state index is 11.8. The molecule has 0 aliphatic carbocycles. The van der Waals surface area contributed by atoms with Gasteiger partial charge in [0.05, 0.1) is 6.54 Å². The number of carbonyl (C=O) groups excluding carboxylic acids is 1. The molecule has 3 N–H and O–H groups in total. The van der Waals surface area contributed by atoms with Gasteiger partial charge in [0.25, 0.3) is 0 Å². The summed E-state index contributed by atoms with van der Waals surface area (Å²) in [5.41, 5.74) is 6.61. The lowest BCUT2D eigenvalue weighted by Gasteiger charge is -2.14. The minimum Gasteiger partial charge on any atom is -0.326 e. The van der Waals surface area contributed by atoms with Gasteiger partial charge in [-0.15, -0.1) is 12.4 Å². The van der Waals surface area contributed by atoms with E-state index < -0.39 is 0 Å². The molecular weight excluding hydrogens is 318 g/mol. The monoisotopic (exact) mass is 333 g/mol. The van der Waals surface area contributed by atoms with Crippen molar-refractivity contribution in [2.75, 3.05) is 25.0 Å². The molecule has 1 heterocycles. The third-order valence-electron chi connectivity index (χ3n) is 2.80. The van der Waals surface area contributed by atoms with Gasteiger partial charge in [-0.05, 0) is 30.7 Å². The fourth-order valence-electron chi connectivity index (χ4n) is 1.94. The van der Waals surface area contributed by atoms with Crippen LogP contribution in [0.2, 0.25) is 0 Å². The lowest BCUT2D eigenvalue weighted by atomic mass is 10.3. The summed E-state index contributed by atoms with van der Waals surface area (Å²) < 4.78 is 1.00. The van der Waals surface area contributed by atoms with Gasteiger partial charge in [0.15, 0.2) is 0 Å². The average molecular weight is 335 g/mol. The van der Waals surface area contributed by atoms with Gasteiger partial charge in [-0.1, -0.05) is 15.9 Å². The molecule has 1 aromatic carbocycles. The molecule has 0 bridgehead atoms. The highest BCUT2D eigenvalue weighted by molar-refractivity contribution is 9.10. The fourth-order valence-corrected chi connectivity index (χ4v) is 2.21. The van der Waals surface area contributed by atoms with Crippen molar-refractivity contribution in [1.82, 2.24) is 4.90 Å². The molecule has 2 rings (SSSR count). The molecular formula is C12H17BrClN3O. The molecule has 0 unspecified atom stereocenters. The number of nitrogens with one attached hydrogen (secondary N) is 1. The molecule has 1 fully saturated rings. The van der Waals surface area contributed by atoms with Crippen LogP contribution in [0.3, 0.4) is 0 Å². The Hall–Kier alpha value is -0.620. The van der Waals surface area contributed by atoms with Crippen LogP contribution in [-0.4, -0.2) is 36.5 Å². The van der Waals surface area contributed by atoms with E-state index in [9.17, 15) is 4.79 Å². The van der Waals surface area contributed by atoms with Gasteiger partial charge < -0.3 is 11.1 Å². The molecule has 1 aliphatic heterocycles. The van der Waals surface area contributed by atoms with Crippen molar-refractivity contribution in [1.29, 1.82) is 0 Å². The maximum Gasteiger partial charge on any atom is 0.238 e. The van der Waals surface area contributed by atoms with Crippen molar-refractivity contribution in [2.45, 2.75) is 12.5 Å². The Labute approximate surface area is 121 Å². The Balaban J connectivity index is 0.00000162. The highest BCUT2D eigenvalue weighted by Crippen LogP contribution is 2.14. The van der Waals surface area contributed by atoms with Crippen molar-refractivity contribution in [3.63, 3.8) is 0 Å². The Morgan fingerprint density at radius 3 is 2.67 bits per heavy atom. The van der Waals surface area contributed by atoms with Crippen LogP contribution in [0.5, 0.6) is 0 Å². The summed E-state index contributed by atoms with van der Waals surface area (Å²) in [5, 5.41) is 2.87. The second kappa shape index (κ2) is 7.09. The van der Waals surface area contributed by atoms with Crippen LogP contribution in [0, 0.1) is 0 Å². The first kappa shape index (κ1) is 15.4. The first-order valence-electron chi connectivity index (χ1n) is 5.67. The van der Waals surface area contributed by atoms with Gasteiger partial charge in [0.2, 0.25) is 5.91 Å². The predicted octanol–water partition coefficient (Wildman–Crippen LogP) is 1.84. The van der Waals surface area contributed by atoms with Crippen LogP contribution < -0.4 is 11.1 Å². The van der Waals surface area contributed by atoms with Crippen LogP contribution >= 0.6 is 28.3 Å². The third-order valence-corrected chi connectivity index (χ3v) is 3.33. The third kappa shape index (κ3) is 4.57. The van der Waals surface area contributed by atoms with Crippen molar-refractivity contribution in [2.24, 2.45) is 5.73 Å². The Morgan fingerprint density at radius 2 is 2.11 bits per heavy atom. The van der Waals surface area contributed by atoms with E-state index in [1.165, 1.54) is 0 Å². The summed E-state index contributed by atoms with van der Waals surface area (Å²) in [7, 11) is 0. The molecule has 0 saturated carbocycles. The highest BCUT2D eigenvalue weighted by Gasteiger charge is 2.20. The van der Waals surface area contributed by atoms with Crippen LogP contribution in [0.4, 0.5) is 5.69 Å². The first-order chi connectivity index (χ1) is 8.13. The zero-order valence-electron chi connectivity index (χ0n) is 9.93. The maximum atomic E-state index is 11.8. The number of hydrogen-bond acceptors (Lipinski definition) is 3. The molecule has 0 spiro atoms. The lowest BCUT2D eigenvalue weighted by Crippen LogP contribution is -2.33. The van der Waals surface area contributed by atoms with E-state index in [4.69, 9.17) is 5.73 Å². The smallest absolute Gasteiger partial charge is 0.238 e. The molecule has 1 aromatic rings. The molecule has 1 saturated heterocycles. The first-order valence-corrected chi connectivity index (χ1v) is 6.46. The van der Waals surface area contributed by atoms with Gasteiger partial charge in [-0.2, -0.15) is 0 Å². The molecule has 100 valence electrons. The van der Waals surface area contributed by atoms with E-state index in [1.807, 2.05) is 24.3 Å². The van der Waals surface area contributed by atoms with Crippen molar-refractivity contribution in [3.05, 3.63) is 28.7 Å². The van der Waals surface area contributed by atoms with Crippen LogP contribution in [0.1, 0.15) is 6.42 Å². The van der Waals surface area contributed by atoms with Gasteiger partial charge in [0, 0.05) is 29.3 Å². The van der Waals surface area contributed by atoms with Crippen molar-refractivity contribution < 1.29 is 4.79 Å². The SMILES string of the molecule is Cl.N[C@H]1CCN(CC(=O)Nc2ccc(Br)cc2)C1. The number of hydrogen-bond donors (Lipinski definition) is 2. The van der Waals surface area contributed by atoms with Crippen LogP contribution in [0.25, 0.3) is 0 Å². The standard InChI is InChI=1S/C12H16BrN3O.ClH/c13-9-1-3-11(4-2-9)15-12(17)8-16-6-5-10(14)7-16;/h1-4,10H,5-8,14H2,(H,15,17);1H/t10-;/m0./s1. The number of likely N-dealkylation sites (tertiary alicyclic amines) is 1. The van der Waals surface area contributed by atoms with Gasteiger partial charge in [0.1, 0.15) is 0 Å². The highest BCUT2D eigenvalue weighted by atomic mass is 79.9. The minimum atomic E-state index is 0. The number of nitrogens with zero attached hydrogens (tertiary/aromatic N) is 1. The number of carbonyl (C=O) groups is 1. The van der Waals surface area contributed by atoms with Crippen molar-refractivity contribution in [3.8, 4) is 0 Å². The number of amides is 1. The number of anilines is 1. The number of benzene rings is 1. The molecule has 0 radical (unpaired) electrons. The quantitative estimate of drug-likeness (QED) is 0.887. The van der Waals surface area contributed by atoms with Crippen LogP contribution in [0.15, 0.2) is 28.7 Å². The van der Waals surface area contributed by atoms with E-state index in [2.05, 4.69) is 26.1 Å².